The van der Waals surface area contributed by atoms with E-state index >= 15 is 0 Å². The maximum atomic E-state index is 14.1. The molecule has 0 radical (unpaired) electrons. The largest absolute Gasteiger partial charge is 0.453 e. The van der Waals surface area contributed by atoms with Gasteiger partial charge in [-0.15, -0.1) is 0 Å². The zero-order chi connectivity index (χ0) is 31.9. The summed E-state index contributed by atoms with van der Waals surface area (Å²) in [6, 6.07) is 9.77. The van der Waals surface area contributed by atoms with Crippen LogP contribution >= 0.6 is 11.6 Å². The summed E-state index contributed by atoms with van der Waals surface area (Å²) in [6.45, 7) is 0.702. The monoisotopic (exact) mass is 639 g/mol. The number of rotatable bonds is 7. The number of benzene rings is 2. The number of nitrogens with one attached hydrogen (secondary N) is 3. The molecule has 238 valence electrons. The molecule has 0 aromatic heterocycles. The number of carbonyl (C=O) groups excluding carboxylic acids is 5. The van der Waals surface area contributed by atoms with Gasteiger partial charge >= 0.3 is 12.2 Å². The summed E-state index contributed by atoms with van der Waals surface area (Å²) in [6.07, 6.45) is 1.16. The van der Waals surface area contributed by atoms with Gasteiger partial charge in [0, 0.05) is 28.4 Å². The fourth-order valence-electron chi connectivity index (χ4n) is 6.39. The number of methoxy groups -OCH3 is 1. The van der Waals surface area contributed by atoms with E-state index in [1.54, 1.807) is 18.2 Å². The van der Waals surface area contributed by atoms with Crippen molar-refractivity contribution in [3.8, 4) is 0 Å². The van der Waals surface area contributed by atoms with Crippen molar-refractivity contribution in [3.05, 3.63) is 58.6 Å². The zero-order valence-corrected chi connectivity index (χ0v) is 25.4. The number of ether oxygens (including phenoxy) is 2. The molecule has 1 spiro atoms. The second-order valence-electron chi connectivity index (χ2n) is 12.1. The summed E-state index contributed by atoms with van der Waals surface area (Å²) in [7, 11) is 1.23. The van der Waals surface area contributed by atoms with Crippen molar-refractivity contribution in [1.29, 1.82) is 0 Å². The fourth-order valence-corrected chi connectivity index (χ4v) is 6.57. The number of likely N-dealkylation sites (tertiary alicyclic amines) is 2. The van der Waals surface area contributed by atoms with Crippen LogP contribution in [0.5, 0.6) is 0 Å². The third kappa shape index (κ3) is 6.27. The molecule has 3 fully saturated rings. The molecule has 1 saturated carbocycles. The number of piperidine rings is 1. The lowest BCUT2D eigenvalue weighted by Gasteiger charge is -2.47. The van der Waals surface area contributed by atoms with Gasteiger partial charge in [0.25, 0.3) is 5.91 Å². The highest BCUT2D eigenvalue weighted by molar-refractivity contribution is 6.30. The molecule has 1 aliphatic carbocycles. The lowest BCUT2D eigenvalue weighted by molar-refractivity contribution is -0.161. The van der Waals surface area contributed by atoms with Gasteiger partial charge in [-0.25, -0.2) is 9.59 Å². The van der Waals surface area contributed by atoms with Gasteiger partial charge in [-0.2, -0.15) is 0 Å². The van der Waals surface area contributed by atoms with Crippen molar-refractivity contribution < 1.29 is 38.6 Å². The first-order valence-corrected chi connectivity index (χ1v) is 15.2. The van der Waals surface area contributed by atoms with E-state index in [1.165, 1.54) is 41.2 Å². The van der Waals surface area contributed by atoms with Crippen molar-refractivity contribution in [3.63, 3.8) is 0 Å². The lowest BCUT2D eigenvalue weighted by atomic mass is 9.83. The van der Waals surface area contributed by atoms with E-state index in [2.05, 4.69) is 20.7 Å². The number of hydrogen-bond acceptors (Lipinski definition) is 8. The molecular weight excluding hydrogens is 606 g/mol. The zero-order valence-electron chi connectivity index (χ0n) is 24.6. The Bertz CT molecular complexity index is 1540. The third-order valence-electron chi connectivity index (χ3n) is 8.94. The van der Waals surface area contributed by atoms with Crippen molar-refractivity contribution >= 4 is 52.9 Å². The molecule has 3 aliphatic heterocycles. The van der Waals surface area contributed by atoms with Crippen LogP contribution in [0.1, 0.15) is 48.0 Å². The quantitative estimate of drug-likeness (QED) is 0.359. The Balaban J connectivity index is 1.21. The number of anilines is 2. The van der Waals surface area contributed by atoms with Gasteiger partial charge in [0.05, 0.1) is 38.9 Å². The molecule has 14 heteroatoms. The van der Waals surface area contributed by atoms with Crippen molar-refractivity contribution in [2.24, 2.45) is 5.92 Å². The first kappa shape index (κ1) is 30.7. The van der Waals surface area contributed by atoms with Crippen LogP contribution in [-0.4, -0.2) is 89.7 Å². The van der Waals surface area contributed by atoms with Crippen molar-refractivity contribution in [1.82, 2.24) is 15.1 Å². The van der Waals surface area contributed by atoms with Crippen LogP contribution in [0.2, 0.25) is 5.02 Å². The second-order valence-corrected chi connectivity index (χ2v) is 12.6. The van der Waals surface area contributed by atoms with Crippen LogP contribution in [0.25, 0.3) is 0 Å². The molecular formula is C31H34ClN5O8. The number of aliphatic hydroxyl groups is 1. The van der Waals surface area contributed by atoms with E-state index in [9.17, 15) is 29.1 Å². The van der Waals surface area contributed by atoms with Crippen LogP contribution in [0.4, 0.5) is 21.0 Å². The number of carbonyl (C=O) groups is 5. The number of β-amino-alcohol motifs (C(OH)–C–C–N with tert-alkyl or cyclic N) is 1. The molecule has 13 nitrogen and oxygen atoms in total. The van der Waals surface area contributed by atoms with Crippen LogP contribution in [0.15, 0.2) is 42.5 Å². The summed E-state index contributed by atoms with van der Waals surface area (Å²) in [4.78, 5) is 67.9. The molecule has 4 N–H and O–H groups in total. The van der Waals surface area contributed by atoms with Gasteiger partial charge in [-0.1, -0.05) is 11.6 Å². The summed E-state index contributed by atoms with van der Waals surface area (Å²) in [5.41, 5.74) is -0.271. The van der Waals surface area contributed by atoms with Crippen LogP contribution in [0.3, 0.4) is 0 Å². The summed E-state index contributed by atoms with van der Waals surface area (Å²) < 4.78 is 10.4. The summed E-state index contributed by atoms with van der Waals surface area (Å²) in [5.74, 6) is -1.28. The minimum absolute atomic E-state index is 0.00615. The molecule has 2 atom stereocenters. The standard InChI is InChI=1S/C31H34ClN5O8/c1-44-28(41)33-21-8-3-18(4-9-21)26(39)34-24(14-25(38)37-15-30(43,16-37)19-5-6-19)27(40)36-12-2-11-31(17-36)22-13-20(32)7-10-23(22)35-29(42)45-31/h3-4,7-10,13,19,24,43H,2,5-6,11-12,14-17H2,1H3,(H,33,41)(H,34,39)(H,35,42)/t24-,31-/m0/s1. The molecule has 0 bridgehead atoms. The molecule has 45 heavy (non-hydrogen) atoms. The number of amides is 5. The first-order valence-electron chi connectivity index (χ1n) is 14.8. The van der Waals surface area contributed by atoms with Crippen molar-refractivity contribution in [2.75, 3.05) is 43.9 Å². The Kier molecular flexibility index (Phi) is 8.08. The number of hydrogen-bond donors (Lipinski definition) is 4. The third-order valence-corrected chi connectivity index (χ3v) is 9.18. The summed E-state index contributed by atoms with van der Waals surface area (Å²) >= 11 is 6.29. The van der Waals surface area contributed by atoms with Crippen LogP contribution < -0.4 is 16.0 Å². The average molecular weight is 640 g/mol. The molecule has 0 unspecified atom stereocenters. The highest BCUT2D eigenvalue weighted by atomic mass is 35.5. The summed E-state index contributed by atoms with van der Waals surface area (Å²) in [5, 5.41) is 19.1. The number of fused-ring (bicyclic) bond motifs is 2. The number of halogens is 1. The highest BCUT2D eigenvalue weighted by Crippen LogP contribution is 2.45. The Morgan fingerprint density at radius 1 is 1.11 bits per heavy atom. The molecule has 2 aromatic rings. The normalized spacial score (nSPS) is 22.2. The van der Waals surface area contributed by atoms with Gasteiger partial charge in [-0.3, -0.25) is 25.0 Å². The molecule has 4 aliphatic rings. The molecule has 2 saturated heterocycles. The fraction of sp³-hybridized carbons (Fsp3) is 0.452. The highest BCUT2D eigenvalue weighted by Gasteiger charge is 2.54. The maximum absolute atomic E-state index is 14.1. The first-order chi connectivity index (χ1) is 21.5. The molecule has 6 rings (SSSR count). The Labute approximate surface area is 264 Å². The second kappa shape index (κ2) is 11.9. The van der Waals surface area contributed by atoms with Gasteiger partial charge in [0.2, 0.25) is 11.8 Å². The van der Waals surface area contributed by atoms with Gasteiger partial charge in [0.1, 0.15) is 11.6 Å². The Hall–Kier alpha value is -4.36. The predicted octanol–water partition coefficient (Wildman–Crippen LogP) is 3.07. The molecule has 2 aromatic carbocycles. The minimum atomic E-state index is -1.24. The Morgan fingerprint density at radius 3 is 2.53 bits per heavy atom. The van der Waals surface area contributed by atoms with Crippen molar-refractivity contribution in [2.45, 2.75) is 49.3 Å². The predicted molar refractivity (Wildman–Crippen MR) is 162 cm³/mol. The minimum Gasteiger partial charge on any atom is -0.453 e. The van der Waals surface area contributed by atoms with E-state index in [0.29, 0.717) is 41.3 Å². The topological polar surface area (TPSA) is 167 Å². The van der Waals surface area contributed by atoms with Gasteiger partial charge in [-0.05, 0) is 74.1 Å². The molecule has 3 heterocycles. The average Bonchev–Trinajstić information content (AvgIpc) is 3.86. The van der Waals surface area contributed by atoms with E-state index in [-0.39, 0.29) is 43.4 Å². The van der Waals surface area contributed by atoms with E-state index < -0.39 is 41.2 Å². The number of nitrogens with zero attached hydrogens (tertiary/aromatic N) is 2. The SMILES string of the molecule is COC(=O)Nc1ccc(C(=O)N[C@@H](CC(=O)N2CC(O)(C3CC3)C2)C(=O)N2CCC[C@@]3(C2)OC(=O)Nc2ccc(Cl)cc23)cc1. The van der Waals surface area contributed by atoms with Gasteiger partial charge in [0.15, 0.2) is 5.60 Å². The maximum Gasteiger partial charge on any atom is 0.412 e. The smallest absolute Gasteiger partial charge is 0.412 e. The van der Waals surface area contributed by atoms with E-state index in [4.69, 9.17) is 16.3 Å². The van der Waals surface area contributed by atoms with Crippen LogP contribution in [-0.2, 0) is 24.7 Å². The van der Waals surface area contributed by atoms with E-state index in [1.807, 2.05) is 0 Å². The van der Waals surface area contributed by atoms with Crippen LogP contribution in [0, 0.1) is 5.92 Å². The van der Waals surface area contributed by atoms with E-state index in [0.717, 1.165) is 12.8 Å². The molecule has 5 amide bonds. The lowest BCUT2D eigenvalue weighted by Crippen LogP contribution is -2.65. The van der Waals surface area contributed by atoms with Gasteiger partial charge < -0.3 is 29.7 Å². The Morgan fingerprint density at radius 2 is 1.84 bits per heavy atom.